The molecule has 2 rings (SSSR count). The molecular weight excluding hydrogens is 206 g/mol. The number of nitriles is 1. The summed E-state index contributed by atoms with van der Waals surface area (Å²) in [6, 6.07) is 2.20. The van der Waals surface area contributed by atoms with Crippen LogP contribution in [0.1, 0.15) is 32.6 Å². The maximum Gasteiger partial charge on any atom is 0.336 e. The first kappa shape index (κ1) is 11.4. The zero-order valence-electron chi connectivity index (χ0n) is 9.48. The highest BCUT2D eigenvalue weighted by Gasteiger charge is 2.57. The van der Waals surface area contributed by atoms with Crippen LogP contribution >= 0.6 is 0 Å². The largest absolute Gasteiger partial charge is 0.464 e. The van der Waals surface area contributed by atoms with E-state index in [4.69, 9.17) is 4.74 Å². The van der Waals surface area contributed by atoms with Gasteiger partial charge in [0.1, 0.15) is 0 Å². The van der Waals surface area contributed by atoms with Gasteiger partial charge in [-0.15, -0.1) is 0 Å². The monoisotopic (exact) mass is 223 g/mol. The zero-order valence-corrected chi connectivity index (χ0v) is 9.48. The van der Waals surface area contributed by atoms with Gasteiger partial charge in [0, 0.05) is 0 Å². The second-order valence-electron chi connectivity index (χ2n) is 4.89. The van der Waals surface area contributed by atoms with E-state index in [0.29, 0.717) is 12.3 Å². The van der Waals surface area contributed by atoms with Gasteiger partial charge in [0.15, 0.2) is 6.10 Å². The molecule has 0 saturated heterocycles. The second-order valence-corrected chi connectivity index (χ2v) is 4.89. The molecule has 0 amide bonds. The fraction of sp³-hybridized carbons (Fsp3) is 0.833. The molecule has 2 saturated carbocycles. The molecule has 0 aromatic heterocycles. The van der Waals surface area contributed by atoms with E-state index in [2.05, 4.69) is 6.07 Å². The van der Waals surface area contributed by atoms with E-state index in [1.165, 1.54) is 0 Å². The lowest BCUT2D eigenvalue weighted by Crippen LogP contribution is -2.44. The minimum absolute atomic E-state index is 0.168. The Bertz CT molecular complexity index is 336. The Morgan fingerprint density at radius 2 is 2.44 bits per heavy atom. The summed E-state index contributed by atoms with van der Waals surface area (Å²) in [5, 5.41) is 19.3. The molecule has 4 unspecified atom stereocenters. The van der Waals surface area contributed by atoms with Crippen molar-refractivity contribution in [1.29, 1.82) is 5.26 Å². The molecule has 0 radical (unpaired) electrons. The molecule has 0 aromatic carbocycles. The average molecular weight is 223 g/mol. The predicted octanol–water partition coefficient (Wildman–Crippen LogP) is 1.24. The van der Waals surface area contributed by atoms with E-state index in [1.54, 1.807) is 6.92 Å². The SMILES string of the molecule is CCOC(=O)C(O)C1(C#N)CC2CCC1C2. The molecule has 0 aromatic rings. The van der Waals surface area contributed by atoms with Crippen molar-refractivity contribution in [2.75, 3.05) is 6.61 Å². The highest BCUT2D eigenvalue weighted by Crippen LogP contribution is 2.57. The summed E-state index contributed by atoms with van der Waals surface area (Å²) in [4.78, 5) is 11.5. The van der Waals surface area contributed by atoms with Gasteiger partial charge in [0.2, 0.25) is 0 Å². The molecule has 4 heteroatoms. The lowest BCUT2D eigenvalue weighted by molar-refractivity contribution is -0.160. The molecule has 16 heavy (non-hydrogen) atoms. The molecule has 2 fully saturated rings. The Kier molecular flexibility index (Phi) is 2.90. The van der Waals surface area contributed by atoms with Crippen LogP contribution in [-0.4, -0.2) is 23.8 Å². The number of aliphatic hydroxyl groups is 1. The van der Waals surface area contributed by atoms with Gasteiger partial charge >= 0.3 is 5.97 Å². The molecular formula is C12H17NO3. The van der Waals surface area contributed by atoms with Gasteiger partial charge in [-0.3, -0.25) is 0 Å². The van der Waals surface area contributed by atoms with Gasteiger partial charge in [0.25, 0.3) is 0 Å². The normalized spacial score (nSPS) is 38.1. The maximum absolute atomic E-state index is 11.5. The Balaban J connectivity index is 2.17. The lowest BCUT2D eigenvalue weighted by Gasteiger charge is -2.33. The summed E-state index contributed by atoms with van der Waals surface area (Å²) in [7, 11) is 0. The Hall–Kier alpha value is -1.08. The number of carbonyl (C=O) groups excluding carboxylic acids is 1. The van der Waals surface area contributed by atoms with Crippen LogP contribution in [0.2, 0.25) is 0 Å². The van der Waals surface area contributed by atoms with Gasteiger partial charge in [-0.05, 0) is 38.0 Å². The standard InChI is InChI=1S/C12H17NO3/c1-2-16-11(15)10(14)12(7-13)6-8-3-4-9(12)5-8/h8-10,14H,2-6H2,1H3. The van der Waals surface area contributed by atoms with Crippen molar-refractivity contribution in [2.24, 2.45) is 17.3 Å². The first-order valence-corrected chi connectivity index (χ1v) is 5.90. The van der Waals surface area contributed by atoms with Gasteiger partial charge in [0.05, 0.1) is 18.1 Å². The zero-order chi connectivity index (χ0) is 11.8. The third-order valence-electron chi connectivity index (χ3n) is 4.10. The van der Waals surface area contributed by atoms with Crippen molar-refractivity contribution < 1.29 is 14.6 Å². The van der Waals surface area contributed by atoms with Crippen LogP contribution in [0.25, 0.3) is 0 Å². The van der Waals surface area contributed by atoms with E-state index in [1.807, 2.05) is 0 Å². The molecule has 2 aliphatic carbocycles. The first-order valence-electron chi connectivity index (χ1n) is 5.90. The number of rotatable bonds is 3. The third-order valence-corrected chi connectivity index (χ3v) is 4.10. The number of aliphatic hydroxyl groups excluding tert-OH is 1. The van der Waals surface area contributed by atoms with E-state index < -0.39 is 17.5 Å². The summed E-state index contributed by atoms with van der Waals surface area (Å²) in [6.07, 6.45) is 2.43. The van der Waals surface area contributed by atoms with Crippen molar-refractivity contribution in [1.82, 2.24) is 0 Å². The molecule has 4 nitrogen and oxygen atoms in total. The van der Waals surface area contributed by atoms with E-state index in [9.17, 15) is 15.2 Å². The Morgan fingerprint density at radius 1 is 1.69 bits per heavy atom. The topological polar surface area (TPSA) is 70.3 Å². The molecule has 0 aliphatic heterocycles. The first-order chi connectivity index (χ1) is 7.64. The van der Waals surface area contributed by atoms with Gasteiger partial charge in [-0.1, -0.05) is 6.42 Å². The number of ether oxygens (including phenoxy) is 1. The molecule has 2 aliphatic rings. The number of carbonyl (C=O) groups is 1. The highest BCUT2D eigenvalue weighted by atomic mass is 16.5. The van der Waals surface area contributed by atoms with Crippen LogP contribution in [0.3, 0.4) is 0 Å². The quantitative estimate of drug-likeness (QED) is 0.731. The van der Waals surface area contributed by atoms with Crippen molar-refractivity contribution in [2.45, 2.75) is 38.7 Å². The number of esters is 1. The van der Waals surface area contributed by atoms with Gasteiger partial charge in [-0.2, -0.15) is 5.26 Å². The van der Waals surface area contributed by atoms with Gasteiger partial charge < -0.3 is 9.84 Å². The van der Waals surface area contributed by atoms with Crippen molar-refractivity contribution >= 4 is 5.97 Å². The molecule has 2 bridgehead atoms. The molecule has 1 N–H and O–H groups in total. The van der Waals surface area contributed by atoms with Crippen LogP contribution in [0, 0.1) is 28.6 Å². The average Bonchev–Trinajstić information content (AvgIpc) is 2.88. The molecule has 4 atom stereocenters. The van der Waals surface area contributed by atoms with Crippen molar-refractivity contribution in [3.05, 3.63) is 0 Å². The number of nitrogens with zero attached hydrogens (tertiary/aromatic N) is 1. The van der Waals surface area contributed by atoms with E-state index >= 15 is 0 Å². The summed E-state index contributed by atoms with van der Waals surface area (Å²) in [5.41, 5.74) is -0.880. The highest BCUT2D eigenvalue weighted by molar-refractivity contribution is 5.76. The maximum atomic E-state index is 11.5. The minimum atomic E-state index is -1.27. The Labute approximate surface area is 95.2 Å². The lowest BCUT2D eigenvalue weighted by atomic mass is 9.70. The van der Waals surface area contributed by atoms with Crippen molar-refractivity contribution in [3.63, 3.8) is 0 Å². The van der Waals surface area contributed by atoms with Crippen LogP contribution in [0.15, 0.2) is 0 Å². The third kappa shape index (κ3) is 1.51. The van der Waals surface area contributed by atoms with Crippen LogP contribution < -0.4 is 0 Å². The molecule has 0 heterocycles. The van der Waals surface area contributed by atoms with E-state index in [0.717, 1.165) is 19.3 Å². The molecule has 88 valence electrons. The number of fused-ring (bicyclic) bond motifs is 2. The minimum Gasteiger partial charge on any atom is -0.464 e. The summed E-state index contributed by atoms with van der Waals surface area (Å²) in [6.45, 7) is 1.94. The van der Waals surface area contributed by atoms with Gasteiger partial charge in [-0.25, -0.2) is 4.79 Å². The summed E-state index contributed by atoms with van der Waals surface area (Å²) >= 11 is 0. The number of hydrogen-bond donors (Lipinski definition) is 1. The Morgan fingerprint density at radius 3 is 2.88 bits per heavy atom. The van der Waals surface area contributed by atoms with Crippen LogP contribution in [0.5, 0.6) is 0 Å². The molecule has 0 spiro atoms. The summed E-state index contributed by atoms with van der Waals surface area (Å²) < 4.78 is 4.81. The fourth-order valence-corrected chi connectivity index (χ4v) is 3.34. The fourth-order valence-electron chi connectivity index (χ4n) is 3.34. The second kappa shape index (κ2) is 4.06. The van der Waals surface area contributed by atoms with E-state index in [-0.39, 0.29) is 12.5 Å². The van der Waals surface area contributed by atoms with Crippen LogP contribution in [0.4, 0.5) is 0 Å². The smallest absolute Gasteiger partial charge is 0.336 e. The number of hydrogen-bond acceptors (Lipinski definition) is 4. The van der Waals surface area contributed by atoms with Crippen LogP contribution in [-0.2, 0) is 9.53 Å². The summed E-state index contributed by atoms with van der Waals surface area (Å²) in [5.74, 6) is 0.0345. The predicted molar refractivity (Wildman–Crippen MR) is 56.1 cm³/mol. The van der Waals surface area contributed by atoms with Crippen molar-refractivity contribution in [3.8, 4) is 6.07 Å².